The molecule has 1 aliphatic carbocycles. The zero-order chi connectivity index (χ0) is 31.2. The number of methoxy groups -OCH3 is 1. The number of carbonyl (C=O) groups excluding carboxylic acids is 2. The summed E-state index contributed by atoms with van der Waals surface area (Å²) in [6.07, 6.45) is 5.15. The number of benzene rings is 2. The monoisotopic (exact) mass is 637 g/mol. The molecule has 2 aliphatic heterocycles. The van der Waals surface area contributed by atoms with Crippen molar-refractivity contribution in [2.75, 3.05) is 26.7 Å². The number of aromatic nitrogens is 2. The topological polar surface area (TPSA) is 88.9 Å². The normalized spacial score (nSPS) is 20.9. The van der Waals surface area contributed by atoms with E-state index in [0.717, 1.165) is 30.0 Å². The molecule has 0 bridgehead atoms. The number of carbonyl (C=O) groups is 2. The van der Waals surface area contributed by atoms with E-state index in [1.165, 1.54) is 19.3 Å². The van der Waals surface area contributed by atoms with Crippen LogP contribution < -0.4 is 10.2 Å². The summed E-state index contributed by atoms with van der Waals surface area (Å²) in [7, 11) is 1.62. The Hall–Kier alpha value is -3.53. The molecule has 1 saturated heterocycles. The average Bonchev–Trinajstić information content (AvgIpc) is 3.66. The fraction of sp³-hybridized carbons (Fsp3) is 0.424. The van der Waals surface area contributed by atoms with Crippen LogP contribution >= 0.6 is 23.2 Å². The maximum absolute atomic E-state index is 14.0. The van der Waals surface area contributed by atoms with Gasteiger partial charge in [0.15, 0.2) is 5.69 Å². The van der Waals surface area contributed by atoms with Gasteiger partial charge in [0.25, 0.3) is 5.91 Å². The standard InChI is InChI=1S/C33H37Cl2N5O4/c1-33(2,3)44-32(42)38-16-23(14-20-8-11-25(43-4)12-9-20)30-26(19-38)29(36-40(30)28-13-10-24(34)15-27(28)35)31(41)37-39-17-21-6-5-7-22(21)18-39/h8-15,21-22H,5-7,16-19H2,1-4H3,(H,37,41)/b23-14+. The molecule has 2 atom stereocenters. The number of nitrogens with zero attached hydrogens (tertiary/aromatic N) is 4. The van der Waals surface area contributed by atoms with Crippen molar-refractivity contribution in [2.24, 2.45) is 11.8 Å². The molecule has 3 aromatic rings. The van der Waals surface area contributed by atoms with Crippen molar-refractivity contribution in [3.8, 4) is 11.4 Å². The summed E-state index contributed by atoms with van der Waals surface area (Å²) < 4.78 is 12.8. The van der Waals surface area contributed by atoms with Crippen LogP contribution in [0.25, 0.3) is 17.3 Å². The lowest BCUT2D eigenvalue weighted by atomic mass is 9.97. The Kier molecular flexibility index (Phi) is 8.39. The van der Waals surface area contributed by atoms with E-state index >= 15 is 0 Å². The van der Waals surface area contributed by atoms with Crippen LogP contribution in [0, 0.1) is 11.8 Å². The lowest BCUT2D eigenvalue weighted by molar-refractivity contribution is 0.0253. The van der Waals surface area contributed by atoms with Crippen molar-refractivity contribution in [2.45, 2.75) is 52.2 Å². The van der Waals surface area contributed by atoms with Crippen LogP contribution in [0.15, 0.2) is 42.5 Å². The Morgan fingerprint density at radius 1 is 1.02 bits per heavy atom. The third-order valence-corrected chi connectivity index (χ3v) is 8.98. The highest BCUT2D eigenvalue weighted by Crippen LogP contribution is 2.38. The molecule has 9 nitrogen and oxygen atoms in total. The Morgan fingerprint density at radius 2 is 1.73 bits per heavy atom. The minimum Gasteiger partial charge on any atom is -0.497 e. The van der Waals surface area contributed by atoms with Gasteiger partial charge in [0.1, 0.15) is 11.4 Å². The van der Waals surface area contributed by atoms with E-state index in [-0.39, 0.29) is 24.7 Å². The van der Waals surface area contributed by atoms with Gasteiger partial charge < -0.3 is 9.47 Å². The molecule has 1 aromatic heterocycles. The van der Waals surface area contributed by atoms with E-state index in [4.69, 9.17) is 37.8 Å². The number of nitrogens with one attached hydrogen (secondary N) is 1. The Bertz CT molecular complexity index is 1600. The molecule has 2 unspecified atom stereocenters. The number of rotatable bonds is 5. The largest absolute Gasteiger partial charge is 0.497 e. The van der Waals surface area contributed by atoms with Crippen LogP contribution in [0.5, 0.6) is 5.75 Å². The minimum atomic E-state index is -0.688. The second-order valence-electron chi connectivity index (χ2n) is 12.8. The second-order valence-corrected chi connectivity index (χ2v) is 13.6. The number of halogens is 2. The fourth-order valence-corrected chi connectivity index (χ4v) is 6.95. The van der Waals surface area contributed by atoms with Gasteiger partial charge in [-0.3, -0.25) is 15.1 Å². The van der Waals surface area contributed by atoms with Gasteiger partial charge in [-0.05, 0) is 93.0 Å². The van der Waals surface area contributed by atoms with Crippen molar-refractivity contribution in [1.29, 1.82) is 0 Å². The van der Waals surface area contributed by atoms with E-state index in [1.54, 1.807) is 34.9 Å². The van der Waals surface area contributed by atoms with Crippen LogP contribution in [0.3, 0.4) is 0 Å². The molecule has 2 fully saturated rings. The van der Waals surface area contributed by atoms with E-state index in [9.17, 15) is 9.59 Å². The third-order valence-electron chi connectivity index (χ3n) is 8.45. The summed E-state index contributed by atoms with van der Waals surface area (Å²) in [5.41, 5.74) is 6.22. The van der Waals surface area contributed by atoms with Crippen molar-refractivity contribution >= 4 is 46.9 Å². The first kappa shape index (κ1) is 30.5. The third kappa shape index (κ3) is 6.32. The van der Waals surface area contributed by atoms with Gasteiger partial charge in [-0.25, -0.2) is 14.5 Å². The molecule has 3 aliphatic rings. The predicted molar refractivity (Wildman–Crippen MR) is 171 cm³/mol. The molecule has 0 radical (unpaired) electrons. The summed E-state index contributed by atoms with van der Waals surface area (Å²) in [6.45, 7) is 7.53. The molecule has 6 rings (SSSR count). The molecule has 3 heterocycles. The van der Waals surface area contributed by atoms with Crippen LogP contribution in [0.4, 0.5) is 4.79 Å². The van der Waals surface area contributed by atoms with Gasteiger partial charge in [-0.15, -0.1) is 0 Å². The molecule has 2 aromatic carbocycles. The fourth-order valence-electron chi connectivity index (χ4n) is 6.46. The van der Waals surface area contributed by atoms with Gasteiger partial charge >= 0.3 is 6.09 Å². The number of hydrogen-bond donors (Lipinski definition) is 1. The highest BCUT2D eigenvalue weighted by atomic mass is 35.5. The van der Waals surface area contributed by atoms with Gasteiger partial charge in [0.05, 0.1) is 36.6 Å². The predicted octanol–water partition coefficient (Wildman–Crippen LogP) is 6.86. The number of hydrazine groups is 1. The molecule has 1 N–H and O–H groups in total. The van der Waals surface area contributed by atoms with E-state index in [2.05, 4.69) is 5.43 Å². The SMILES string of the molecule is COc1ccc(/C=C2\CN(C(=O)OC(C)(C)C)Cc3c(C(=O)NN4CC5CCCC5C4)nn(-c4ccc(Cl)cc4Cl)c32)cc1. The lowest BCUT2D eigenvalue weighted by Crippen LogP contribution is -2.43. The Morgan fingerprint density at radius 3 is 2.36 bits per heavy atom. The maximum Gasteiger partial charge on any atom is 0.410 e. The molecule has 11 heteroatoms. The zero-order valence-corrected chi connectivity index (χ0v) is 26.9. The van der Waals surface area contributed by atoms with Gasteiger partial charge in [-0.2, -0.15) is 5.10 Å². The molecule has 44 heavy (non-hydrogen) atoms. The van der Waals surface area contributed by atoms with Crippen LogP contribution in [0.2, 0.25) is 10.0 Å². The molecule has 232 valence electrons. The number of ether oxygens (including phenoxy) is 2. The van der Waals surface area contributed by atoms with Crippen LogP contribution in [0.1, 0.15) is 67.3 Å². The molecule has 2 amide bonds. The maximum atomic E-state index is 14.0. The van der Waals surface area contributed by atoms with Crippen molar-refractivity contribution in [3.05, 3.63) is 75.0 Å². The first-order valence-electron chi connectivity index (χ1n) is 14.9. The summed E-state index contributed by atoms with van der Waals surface area (Å²) in [6, 6.07) is 12.8. The zero-order valence-electron chi connectivity index (χ0n) is 25.4. The Labute approximate surface area is 267 Å². The highest BCUT2D eigenvalue weighted by Gasteiger charge is 2.39. The van der Waals surface area contributed by atoms with Crippen LogP contribution in [-0.2, 0) is 11.3 Å². The summed E-state index contributed by atoms with van der Waals surface area (Å²) in [4.78, 5) is 29.0. The van der Waals surface area contributed by atoms with Crippen molar-refractivity contribution < 1.29 is 19.1 Å². The van der Waals surface area contributed by atoms with E-state index in [0.29, 0.717) is 38.8 Å². The van der Waals surface area contributed by atoms with Gasteiger partial charge in [0.2, 0.25) is 0 Å². The minimum absolute atomic E-state index is 0.142. The summed E-state index contributed by atoms with van der Waals surface area (Å²) in [5.74, 6) is 1.63. The van der Waals surface area contributed by atoms with Crippen LogP contribution in [-0.4, -0.2) is 64.0 Å². The quantitative estimate of drug-likeness (QED) is 0.329. The second kappa shape index (κ2) is 12.1. The number of fused-ring (bicyclic) bond motifs is 2. The summed E-state index contributed by atoms with van der Waals surface area (Å²) in [5, 5.41) is 7.76. The first-order chi connectivity index (χ1) is 21.0. The molecular formula is C33H37Cl2N5O4. The number of hydrogen-bond acceptors (Lipinski definition) is 6. The smallest absolute Gasteiger partial charge is 0.410 e. The Balaban J connectivity index is 1.46. The van der Waals surface area contributed by atoms with Crippen molar-refractivity contribution in [1.82, 2.24) is 25.1 Å². The van der Waals surface area contributed by atoms with Crippen molar-refractivity contribution in [3.63, 3.8) is 0 Å². The van der Waals surface area contributed by atoms with E-state index < -0.39 is 11.7 Å². The van der Waals surface area contributed by atoms with Gasteiger partial charge in [-0.1, -0.05) is 41.8 Å². The molecule has 1 saturated carbocycles. The lowest BCUT2D eigenvalue weighted by Gasteiger charge is -2.32. The number of amides is 2. The highest BCUT2D eigenvalue weighted by molar-refractivity contribution is 6.35. The molecule has 0 spiro atoms. The average molecular weight is 639 g/mol. The first-order valence-corrected chi connectivity index (χ1v) is 15.7. The summed E-state index contributed by atoms with van der Waals surface area (Å²) >= 11 is 13.0. The van der Waals surface area contributed by atoms with Gasteiger partial charge in [0, 0.05) is 23.7 Å². The van der Waals surface area contributed by atoms with E-state index in [1.807, 2.05) is 56.1 Å². The molecular weight excluding hydrogens is 601 g/mol.